The number of likely N-dealkylation sites (tertiary alicyclic amines) is 1. The van der Waals surface area contributed by atoms with Crippen molar-refractivity contribution in [3.05, 3.63) is 21.4 Å². The van der Waals surface area contributed by atoms with Crippen molar-refractivity contribution < 1.29 is 0 Å². The molecule has 3 heteroatoms. The highest BCUT2D eigenvalue weighted by Gasteiger charge is 2.20. The Hall–Kier alpha value is -0.380. The maximum atomic E-state index is 3.31. The molecule has 1 aromatic rings. The number of aryl methyl sites for hydroxylation is 2. The van der Waals surface area contributed by atoms with Crippen molar-refractivity contribution in [2.45, 2.75) is 33.2 Å². The predicted molar refractivity (Wildman–Crippen MR) is 75.7 cm³/mol. The number of nitrogens with one attached hydrogen (secondary N) is 1. The van der Waals surface area contributed by atoms with Crippen LogP contribution in [0.3, 0.4) is 0 Å². The lowest BCUT2D eigenvalue weighted by Crippen LogP contribution is -2.38. The van der Waals surface area contributed by atoms with Crippen LogP contribution < -0.4 is 5.32 Å². The van der Waals surface area contributed by atoms with E-state index in [0.29, 0.717) is 0 Å². The molecule has 17 heavy (non-hydrogen) atoms. The molecule has 1 saturated heterocycles. The first-order valence-electron chi connectivity index (χ1n) is 6.62. The first-order valence-corrected chi connectivity index (χ1v) is 7.43. The van der Waals surface area contributed by atoms with Crippen LogP contribution in [0.1, 0.15) is 28.2 Å². The van der Waals surface area contributed by atoms with Gasteiger partial charge in [-0.3, -0.25) is 4.90 Å². The summed E-state index contributed by atoms with van der Waals surface area (Å²) in [6.45, 7) is 9.31. The summed E-state index contributed by atoms with van der Waals surface area (Å²) in [4.78, 5) is 5.57. The molecule has 0 amide bonds. The van der Waals surface area contributed by atoms with Crippen LogP contribution in [0.5, 0.6) is 0 Å². The van der Waals surface area contributed by atoms with Crippen LogP contribution in [-0.4, -0.2) is 31.6 Å². The van der Waals surface area contributed by atoms with Gasteiger partial charge in [0.15, 0.2) is 0 Å². The fourth-order valence-corrected chi connectivity index (χ4v) is 3.77. The van der Waals surface area contributed by atoms with E-state index in [1.165, 1.54) is 41.2 Å². The van der Waals surface area contributed by atoms with Gasteiger partial charge in [0.1, 0.15) is 0 Å². The standard InChI is InChI=1S/C14H24N2S/c1-11-7-14(12(2)17-11)10-16-6-4-5-13(9-16)8-15-3/h7,13,15H,4-6,8-10H2,1-3H3. The van der Waals surface area contributed by atoms with Crippen LogP contribution in [0.2, 0.25) is 0 Å². The van der Waals surface area contributed by atoms with Crippen LogP contribution in [0.25, 0.3) is 0 Å². The summed E-state index contributed by atoms with van der Waals surface area (Å²) in [5.74, 6) is 0.841. The zero-order valence-electron chi connectivity index (χ0n) is 11.3. The Morgan fingerprint density at radius 1 is 1.47 bits per heavy atom. The zero-order chi connectivity index (χ0) is 12.3. The van der Waals surface area contributed by atoms with Gasteiger partial charge in [0, 0.05) is 22.8 Å². The Labute approximate surface area is 109 Å². The monoisotopic (exact) mass is 252 g/mol. The number of hydrogen-bond acceptors (Lipinski definition) is 3. The minimum absolute atomic E-state index is 0.841. The van der Waals surface area contributed by atoms with Gasteiger partial charge < -0.3 is 5.32 Å². The molecule has 0 bridgehead atoms. The van der Waals surface area contributed by atoms with E-state index < -0.39 is 0 Å². The van der Waals surface area contributed by atoms with E-state index in [4.69, 9.17) is 0 Å². The van der Waals surface area contributed by atoms with Gasteiger partial charge in [-0.15, -0.1) is 11.3 Å². The first-order chi connectivity index (χ1) is 8.19. The van der Waals surface area contributed by atoms with E-state index in [9.17, 15) is 0 Å². The van der Waals surface area contributed by atoms with E-state index in [1.54, 1.807) is 0 Å². The summed E-state index contributed by atoms with van der Waals surface area (Å²) in [6.07, 6.45) is 2.74. The summed E-state index contributed by atoms with van der Waals surface area (Å²) in [6, 6.07) is 2.36. The Morgan fingerprint density at radius 2 is 2.29 bits per heavy atom. The van der Waals surface area contributed by atoms with E-state index in [2.05, 4.69) is 37.2 Å². The molecule has 2 heterocycles. The van der Waals surface area contributed by atoms with Crippen molar-refractivity contribution in [1.29, 1.82) is 0 Å². The predicted octanol–water partition coefficient (Wildman–Crippen LogP) is 2.80. The molecule has 0 spiro atoms. The number of rotatable bonds is 4. The van der Waals surface area contributed by atoms with Crippen molar-refractivity contribution in [2.24, 2.45) is 5.92 Å². The van der Waals surface area contributed by atoms with Crippen molar-refractivity contribution >= 4 is 11.3 Å². The third-order valence-corrected chi connectivity index (χ3v) is 4.64. The topological polar surface area (TPSA) is 15.3 Å². The van der Waals surface area contributed by atoms with Gasteiger partial charge in [0.25, 0.3) is 0 Å². The van der Waals surface area contributed by atoms with E-state index in [1.807, 2.05) is 11.3 Å². The van der Waals surface area contributed by atoms with Crippen LogP contribution in [-0.2, 0) is 6.54 Å². The van der Waals surface area contributed by atoms with Crippen molar-refractivity contribution in [1.82, 2.24) is 10.2 Å². The quantitative estimate of drug-likeness (QED) is 0.886. The Morgan fingerprint density at radius 3 is 2.94 bits per heavy atom. The molecule has 0 aliphatic carbocycles. The van der Waals surface area contributed by atoms with Gasteiger partial charge in [-0.1, -0.05) is 0 Å². The third-order valence-electron chi connectivity index (χ3n) is 3.63. The Balaban J connectivity index is 1.92. The molecular formula is C14H24N2S. The van der Waals surface area contributed by atoms with Gasteiger partial charge in [0.05, 0.1) is 0 Å². The lowest BCUT2D eigenvalue weighted by molar-refractivity contribution is 0.167. The molecule has 1 fully saturated rings. The first kappa shape index (κ1) is 13.1. The second kappa shape index (κ2) is 5.98. The average Bonchev–Trinajstić information content (AvgIpc) is 2.58. The largest absolute Gasteiger partial charge is 0.319 e. The number of thiophene rings is 1. The second-order valence-electron chi connectivity index (χ2n) is 5.24. The lowest BCUT2D eigenvalue weighted by Gasteiger charge is -2.32. The molecular weight excluding hydrogens is 228 g/mol. The molecule has 1 N–H and O–H groups in total. The van der Waals surface area contributed by atoms with Crippen LogP contribution >= 0.6 is 11.3 Å². The second-order valence-corrected chi connectivity index (χ2v) is 6.70. The minimum Gasteiger partial charge on any atom is -0.319 e. The SMILES string of the molecule is CNCC1CCCN(Cc2cc(C)sc2C)C1. The highest BCUT2D eigenvalue weighted by Crippen LogP contribution is 2.24. The maximum absolute atomic E-state index is 3.31. The van der Waals surface area contributed by atoms with Gasteiger partial charge in [0.2, 0.25) is 0 Å². The molecule has 1 atom stereocenters. The Bertz CT molecular complexity index is 357. The zero-order valence-corrected chi connectivity index (χ0v) is 12.1. The van der Waals surface area contributed by atoms with Gasteiger partial charge in [-0.2, -0.15) is 0 Å². The molecule has 2 nitrogen and oxygen atoms in total. The summed E-state index contributed by atoms with van der Waals surface area (Å²) < 4.78 is 0. The smallest absolute Gasteiger partial charge is 0.0244 e. The van der Waals surface area contributed by atoms with Crippen LogP contribution in [0.4, 0.5) is 0 Å². The van der Waals surface area contributed by atoms with Crippen LogP contribution in [0, 0.1) is 19.8 Å². The normalized spacial score (nSPS) is 21.9. The molecule has 1 aliphatic heterocycles. The number of piperidine rings is 1. The molecule has 1 aromatic heterocycles. The van der Waals surface area contributed by atoms with E-state index in [0.717, 1.165) is 19.0 Å². The summed E-state index contributed by atoms with van der Waals surface area (Å²) in [7, 11) is 2.06. The molecule has 1 aliphatic rings. The van der Waals surface area contributed by atoms with Crippen molar-refractivity contribution in [3.8, 4) is 0 Å². The summed E-state index contributed by atoms with van der Waals surface area (Å²) in [5, 5.41) is 3.31. The minimum atomic E-state index is 0.841. The van der Waals surface area contributed by atoms with Crippen LogP contribution in [0.15, 0.2) is 6.07 Å². The highest BCUT2D eigenvalue weighted by atomic mass is 32.1. The van der Waals surface area contributed by atoms with Crippen molar-refractivity contribution in [3.63, 3.8) is 0 Å². The molecule has 2 rings (SSSR count). The van der Waals surface area contributed by atoms with E-state index >= 15 is 0 Å². The molecule has 0 saturated carbocycles. The highest BCUT2D eigenvalue weighted by molar-refractivity contribution is 7.12. The van der Waals surface area contributed by atoms with Crippen molar-refractivity contribution in [2.75, 3.05) is 26.7 Å². The maximum Gasteiger partial charge on any atom is 0.0244 e. The Kier molecular flexibility index (Phi) is 4.60. The van der Waals surface area contributed by atoms with Gasteiger partial charge >= 0.3 is 0 Å². The van der Waals surface area contributed by atoms with Gasteiger partial charge in [-0.05, 0) is 64.4 Å². The van der Waals surface area contributed by atoms with Gasteiger partial charge in [-0.25, -0.2) is 0 Å². The number of hydrogen-bond donors (Lipinski definition) is 1. The lowest BCUT2D eigenvalue weighted by atomic mass is 9.97. The fourth-order valence-electron chi connectivity index (χ4n) is 2.83. The summed E-state index contributed by atoms with van der Waals surface area (Å²) in [5.41, 5.74) is 1.54. The molecule has 1 unspecified atom stereocenters. The van der Waals surface area contributed by atoms with E-state index in [-0.39, 0.29) is 0 Å². The third kappa shape index (κ3) is 3.54. The summed E-state index contributed by atoms with van der Waals surface area (Å²) >= 11 is 1.93. The molecule has 0 aromatic carbocycles. The number of nitrogens with zero attached hydrogens (tertiary/aromatic N) is 1. The molecule has 96 valence electrons. The molecule has 0 radical (unpaired) electrons. The average molecular weight is 252 g/mol. The fraction of sp³-hybridized carbons (Fsp3) is 0.714.